The maximum Gasteiger partial charge on any atom is 0.406 e. The van der Waals surface area contributed by atoms with Gasteiger partial charge in [-0.1, -0.05) is 30.3 Å². The van der Waals surface area contributed by atoms with Crippen molar-refractivity contribution in [2.24, 2.45) is 17.6 Å². The number of carbonyl (C=O) groups is 2. The van der Waals surface area contributed by atoms with E-state index in [1.807, 2.05) is 18.2 Å². The van der Waals surface area contributed by atoms with Crippen molar-refractivity contribution in [3.63, 3.8) is 0 Å². The monoisotopic (exact) mass is 489 g/mol. The number of nitrogens with two attached hydrogens (primary N) is 1. The van der Waals surface area contributed by atoms with Crippen molar-refractivity contribution in [3.8, 4) is 0 Å². The molecule has 2 aliphatic heterocycles. The molecule has 2 saturated heterocycles. The van der Waals surface area contributed by atoms with Gasteiger partial charge in [-0.25, -0.2) is 0 Å². The fourth-order valence-electron chi connectivity index (χ4n) is 5.21. The van der Waals surface area contributed by atoms with Crippen molar-refractivity contribution in [2.75, 3.05) is 32.7 Å². The van der Waals surface area contributed by atoms with Crippen molar-refractivity contribution in [1.82, 2.24) is 14.4 Å². The molecule has 0 saturated carbocycles. The minimum absolute atomic E-state index is 0.205. The van der Waals surface area contributed by atoms with Gasteiger partial charge >= 0.3 is 6.18 Å². The lowest BCUT2D eigenvalue weighted by molar-refractivity contribution is -0.141. The number of hydrogen-bond acceptors (Lipinski definition) is 4. The van der Waals surface area contributed by atoms with Gasteiger partial charge in [-0.15, -0.1) is 0 Å². The summed E-state index contributed by atoms with van der Waals surface area (Å²) in [5.41, 5.74) is 4.76. The predicted octanol–water partition coefficient (Wildman–Crippen LogP) is 2.46. The van der Waals surface area contributed by atoms with Crippen LogP contribution in [0.3, 0.4) is 0 Å². The molecule has 187 valence electrons. The van der Waals surface area contributed by atoms with Crippen molar-refractivity contribution < 1.29 is 22.8 Å². The summed E-state index contributed by atoms with van der Waals surface area (Å²) in [7, 11) is 0. The number of pyridine rings is 1. The van der Waals surface area contributed by atoms with E-state index in [0.717, 1.165) is 32.1 Å². The van der Waals surface area contributed by atoms with E-state index < -0.39 is 30.1 Å². The van der Waals surface area contributed by atoms with Gasteiger partial charge < -0.3 is 20.1 Å². The zero-order chi connectivity index (χ0) is 25.3. The van der Waals surface area contributed by atoms with Gasteiger partial charge in [0, 0.05) is 37.9 Å². The van der Waals surface area contributed by atoms with Crippen LogP contribution in [0.25, 0.3) is 0 Å². The molecule has 2 aromatic rings. The molecular weight excluding hydrogens is 461 g/mol. The first-order valence-electron chi connectivity index (χ1n) is 11.5. The molecule has 4 rings (SSSR count). The largest absolute Gasteiger partial charge is 0.406 e. The van der Waals surface area contributed by atoms with Crippen LogP contribution in [0.1, 0.15) is 38.4 Å². The van der Waals surface area contributed by atoms with Crippen LogP contribution in [0, 0.1) is 25.2 Å². The Morgan fingerprint density at radius 2 is 1.71 bits per heavy atom. The highest BCUT2D eigenvalue weighted by atomic mass is 19.4. The normalized spacial score (nSPS) is 20.3. The van der Waals surface area contributed by atoms with E-state index in [9.17, 15) is 27.6 Å². The third kappa shape index (κ3) is 5.58. The summed E-state index contributed by atoms with van der Waals surface area (Å²) in [6, 6.07) is 10.8. The first-order valence-corrected chi connectivity index (χ1v) is 11.5. The van der Waals surface area contributed by atoms with Gasteiger partial charge in [0.25, 0.3) is 11.5 Å². The number of benzene rings is 1. The molecule has 7 nitrogen and oxygen atoms in total. The summed E-state index contributed by atoms with van der Waals surface area (Å²) < 4.78 is 39.5. The van der Waals surface area contributed by atoms with Gasteiger partial charge in [-0.05, 0) is 43.7 Å². The molecule has 0 bridgehead atoms. The third-order valence-electron chi connectivity index (χ3n) is 6.86. The van der Waals surface area contributed by atoms with Gasteiger partial charge in [-0.2, -0.15) is 13.2 Å². The number of fused-ring (bicyclic) bond motifs is 1. The Morgan fingerprint density at radius 1 is 1.09 bits per heavy atom. The maximum absolute atomic E-state index is 13.4. The summed E-state index contributed by atoms with van der Waals surface area (Å²) in [6.07, 6.45) is -1.56. The SMILES string of the molecule is Cc1c(C(=O)N2CC3CN(CC[CH]c4ccccc4)C[C@H]3C2)c(C(N)=O)cc(=O)n1CC(F)(F)F. The van der Waals surface area contributed by atoms with Gasteiger partial charge in [-0.3, -0.25) is 14.4 Å². The van der Waals surface area contributed by atoms with E-state index in [-0.39, 0.29) is 28.7 Å². The highest BCUT2D eigenvalue weighted by Crippen LogP contribution is 2.33. The lowest BCUT2D eigenvalue weighted by Crippen LogP contribution is -2.38. The second-order valence-electron chi connectivity index (χ2n) is 9.32. The zero-order valence-corrected chi connectivity index (χ0v) is 19.4. The van der Waals surface area contributed by atoms with E-state index >= 15 is 0 Å². The molecular formula is C25H28F3N4O3. The maximum atomic E-state index is 13.4. The smallest absolute Gasteiger partial charge is 0.366 e. The van der Waals surface area contributed by atoms with Crippen molar-refractivity contribution >= 4 is 11.8 Å². The zero-order valence-electron chi connectivity index (χ0n) is 19.4. The van der Waals surface area contributed by atoms with Crippen LogP contribution in [0.2, 0.25) is 0 Å². The lowest BCUT2D eigenvalue weighted by Gasteiger charge is -2.24. The number of hydrogen-bond donors (Lipinski definition) is 1. The quantitative estimate of drug-likeness (QED) is 0.647. The fraction of sp³-hybridized carbons (Fsp3) is 0.440. The minimum Gasteiger partial charge on any atom is -0.366 e. The van der Waals surface area contributed by atoms with Crippen LogP contribution < -0.4 is 11.3 Å². The number of likely N-dealkylation sites (tertiary alicyclic amines) is 2. The number of nitrogens with zero attached hydrogens (tertiary/aromatic N) is 3. The molecule has 2 aliphatic rings. The lowest BCUT2D eigenvalue weighted by atomic mass is 10.0. The van der Waals surface area contributed by atoms with Gasteiger partial charge in [0.05, 0.1) is 11.1 Å². The summed E-state index contributed by atoms with van der Waals surface area (Å²) in [5, 5.41) is 0. The first kappa shape index (κ1) is 25.0. The van der Waals surface area contributed by atoms with E-state index in [2.05, 4.69) is 23.5 Å². The fourth-order valence-corrected chi connectivity index (χ4v) is 5.21. The summed E-state index contributed by atoms with van der Waals surface area (Å²) in [4.78, 5) is 41.5. The standard InChI is InChI=1S/C25H28F3N4O3/c1-16-22(20(23(29)34)10-21(33)32(16)15-25(26,27)28)24(35)31-13-18-11-30(12-19(18)14-31)9-5-8-17-6-3-2-4-7-17/h2-4,6-8,10,18-19H,5,9,11-15H2,1H3,(H2,29,34)/t18-,19?/m0/s1. The molecule has 2 amide bonds. The third-order valence-corrected chi connectivity index (χ3v) is 6.86. The van der Waals surface area contributed by atoms with Crippen LogP contribution in [-0.4, -0.2) is 65.1 Å². The molecule has 2 atom stereocenters. The molecule has 0 aliphatic carbocycles. The van der Waals surface area contributed by atoms with Crippen LogP contribution in [-0.2, 0) is 6.54 Å². The van der Waals surface area contributed by atoms with Crippen LogP contribution in [0.5, 0.6) is 0 Å². The Kier molecular flexibility index (Phi) is 7.02. The predicted molar refractivity (Wildman–Crippen MR) is 124 cm³/mol. The number of rotatable bonds is 7. The molecule has 2 N–H and O–H groups in total. The highest BCUT2D eigenvalue weighted by Gasteiger charge is 2.42. The second-order valence-corrected chi connectivity index (χ2v) is 9.32. The summed E-state index contributed by atoms with van der Waals surface area (Å²) >= 11 is 0. The second kappa shape index (κ2) is 9.85. The number of alkyl halides is 3. The molecule has 1 unspecified atom stereocenters. The van der Waals surface area contributed by atoms with Gasteiger partial charge in [0.15, 0.2) is 0 Å². The van der Waals surface area contributed by atoms with Gasteiger partial charge in [0.2, 0.25) is 5.91 Å². The highest BCUT2D eigenvalue weighted by molar-refractivity contribution is 6.07. The van der Waals surface area contributed by atoms with Crippen molar-refractivity contribution in [2.45, 2.75) is 26.1 Å². The van der Waals surface area contributed by atoms with Crippen molar-refractivity contribution in [1.29, 1.82) is 0 Å². The molecule has 1 radical (unpaired) electrons. The van der Waals surface area contributed by atoms with E-state index in [4.69, 9.17) is 5.73 Å². The van der Waals surface area contributed by atoms with E-state index in [1.54, 1.807) is 4.90 Å². The average Bonchev–Trinajstić information content (AvgIpc) is 3.35. The van der Waals surface area contributed by atoms with Crippen LogP contribution >= 0.6 is 0 Å². The summed E-state index contributed by atoms with van der Waals surface area (Å²) in [5.74, 6) is -1.10. The topological polar surface area (TPSA) is 88.6 Å². The average molecular weight is 490 g/mol. The number of halogens is 3. The molecule has 10 heteroatoms. The summed E-state index contributed by atoms with van der Waals surface area (Å²) in [6.45, 7) is 3.14. The Labute approximate surface area is 201 Å². The minimum atomic E-state index is -4.66. The Hall–Kier alpha value is -3.14. The molecule has 3 heterocycles. The number of carbonyl (C=O) groups excluding carboxylic acids is 2. The van der Waals surface area contributed by atoms with Gasteiger partial charge in [0.1, 0.15) is 6.54 Å². The van der Waals surface area contributed by atoms with E-state index in [0.29, 0.717) is 17.7 Å². The number of primary amides is 1. The molecule has 1 aromatic carbocycles. The Bertz CT molecular complexity index is 1150. The Balaban J connectivity index is 1.44. The molecule has 0 spiro atoms. The van der Waals surface area contributed by atoms with Crippen LogP contribution in [0.4, 0.5) is 13.2 Å². The van der Waals surface area contributed by atoms with Crippen LogP contribution in [0.15, 0.2) is 41.2 Å². The molecule has 1 aromatic heterocycles. The number of aromatic nitrogens is 1. The van der Waals surface area contributed by atoms with Crippen molar-refractivity contribution in [3.05, 3.63) is 75.6 Å². The molecule has 2 fully saturated rings. The first-order chi connectivity index (χ1) is 16.5. The Morgan fingerprint density at radius 3 is 2.29 bits per heavy atom. The molecule has 35 heavy (non-hydrogen) atoms. The number of amides is 2. The van der Waals surface area contributed by atoms with E-state index in [1.165, 1.54) is 12.5 Å².